The highest BCUT2D eigenvalue weighted by Gasteiger charge is 2.60. The second-order valence-electron chi connectivity index (χ2n) is 11.2. The lowest BCUT2D eigenvalue weighted by Crippen LogP contribution is -2.61. The van der Waals surface area contributed by atoms with Crippen molar-refractivity contribution in [2.24, 2.45) is 0 Å². The van der Waals surface area contributed by atoms with Gasteiger partial charge in [-0.05, 0) is 73.8 Å². The largest absolute Gasteiger partial charge is 0.339 e. The molecular formula is C32H33BN2. The minimum absolute atomic E-state index is 0.110. The highest BCUT2D eigenvalue weighted by Crippen LogP contribution is 2.61. The second-order valence-corrected chi connectivity index (χ2v) is 11.2. The molecule has 174 valence electrons. The molecule has 1 saturated carbocycles. The smallest absolute Gasteiger partial charge is 0.251 e. The van der Waals surface area contributed by atoms with Crippen molar-refractivity contribution in [1.29, 1.82) is 0 Å². The van der Waals surface area contributed by atoms with Gasteiger partial charge in [0, 0.05) is 33.9 Å². The predicted octanol–water partition coefficient (Wildman–Crippen LogP) is 6.59. The molecule has 3 heteroatoms. The van der Waals surface area contributed by atoms with Gasteiger partial charge in [-0.25, -0.2) is 0 Å². The molecule has 0 N–H and O–H groups in total. The van der Waals surface area contributed by atoms with Gasteiger partial charge in [-0.1, -0.05) is 80.4 Å². The molecule has 2 nitrogen and oxygen atoms in total. The number of hydrogen-bond acceptors (Lipinski definition) is 2. The molecule has 1 aliphatic carbocycles. The Morgan fingerprint density at radius 1 is 0.829 bits per heavy atom. The Morgan fingerprint density at radius 3 is 2.34 bits per heavy atom. The third-order valence-corrected chi connectivity index (χ3v) is 9.78. The first kappa shape index (κ1) is 21.1. The summed E-state index contributed by atoms with van der Waals surface area (Å²) in [7, 11) is 0. The highest BCUT2D eigenvalue weighted by molar-refractivity contribution is 6.94. The first-order valence-corrected chi connectivity index (χ1v) is 13.3. The zero-order valence-corrected chi connectivity index (χ0v) is 21.3. The summed E-state index contributed by atoms with van der Waals surface area (Å²) in [6.45, 7) is 9.95. The van der Waals surface area contributed by atoms with Crippen LogP contribution in [0.25, 0.3) is 0 Å². The van der Waals surface area contributed by atoms with Gasteiger partial charge in [0.25, 0.3) is 6.71 Å². The minimum atomic E-state index is 0.110. The average Bonchev–Trinajstić information content (AvgIpc) is 3.11. The van der Waals surface area contributed by atoms with Crippen LogP contribution in [-0.4, -0.2) is 12.3 Å². The normalized spacial score (nSPS) is 27.5. The van der Waals surface area contributed by atoms with E-state index in [4.69, 9.17) is 0 Å². The molecule has 7 rings (SSSR count). The van der Waals surface area contributed by atoms with E-state index in [-0.39, 0.29) is 17.7 Å². The molecule has 35 heavy (non-hydrogen) atoms. The van der Waals surface area contributed by atoms with E-state index in [2.05, 4.69) is 116 Å². The number of rotatable bonds is 1. The second kappa shape index (κ2) is 7.16. The topological polar surface area (TPSA) is 6.48 Å². The van der Waals surface area contributed by atoms with Crippen LogP contribution in [0.5, 0.6) is 0 Å². The van der Waals surface area contributed by atoms with Gasteiger partial charge < -0.3 is 9.80 Å². The molecule has 3 aromatic rings. The number of para-hydroxylation sites is 3. The molecule has 3 aromatic carbocycles. The van der Waals surface area contributed by atoms with E-state index in [0.29, 0.717) is 0 Å². The molecule has 0 bridgehead atoms. The molecule has 0 saturated heterocycles. The maximum absolute atomic E-state index is 2.78. The fourth-order valence-electron chi connectivity index (χ4n) is 8.02. The van der Waals surface area contributed by atoms with Crippen molar-refractivity contribution in [3.63, 3.8) is 0 Å². The highest BCUT2D eigenvalue weighted by atomic mass is 15.3. The fourth-order valence-corrected chi connectivity index (χ4v) is 8.02. The lowest BCUT2D eigenvalue weighted by Gasteiger charge is -2.53. The van der Waals surface area contributed by atoms with Crippen molar-refractivity contribution in [2.75, 3.05) is 9.80 Å². The van der Waals surface area contributed by atoms with Crippen LogP contribution in [0, 0.1) is 0 Å². The van der Waals surface area contributed by atoms with Gasteiger partial charge in [-0.2, -0.15) is 0 Å². The molecule has 0 radical (unpaired) electrons. The quantitative estimate of drug-likeness (QED) is 0.381. The van der Waals surface area contributed by atoms with Crippen molar-refractivity contribution in [1.82, 2.24) is 0 Å². The third-order valence-electron chi connectivity index (χ3n) is 9.78. The van der Waals surface area contributed by atoms with E-state index in [1.165, 1.54) is 70.5 Å². The Hall–Kier alpha value is -3.20. The molecule has 0 aromatic heterocycles. The predicted molar refractivity (Wildman–Crippen MR) is 150 cm³/mol. The summed E-state index contributed by atoms with van der Waals surface area (Å²) in [5.74, 6) is 0. The molecule has 3 aliphatic heterocycles. The number of allylic oxidation sites excluding steroid dienone is 3. The van der Waals surface area contributed by atoms with Crippen LogP contribution in [0.2, 0.25) is 0 Å². The van der Waals surface area contributed by atoms with Crippen LogP contribution in [0.15, 0.2) is 95.7 Å². The summed E-state index contributed by atoms with van der Waals surface area (Å²) in [6, 6.07) is 27.1. The van der Waals surface area contributed by atoms with Crippen molar-refractivity contribution in [3.8, 4) is 0 Å². The Kier molecular flexibility index (Phi) is 4.32. The zero-order chi connectivity index (χ0) is 23.9. The van der Waals surface area contributed by atoms with E-state index >= 15 is 0 Å². The Balaban J connectivity index is 1.57. The van der Waals surface area contributed by atoms with E-state index in [1.54, 1.807) is 5.56 Å². The summed E-state index contributed by atoms with van der Waals surface area (Å²) in [4.78, 5) is 5.27. The maximum atomic E-state index is 2.78. The molecule has 0 spiro atoms. The molecule has 4 aliphatic rings. The Bertz CT molecular complexity index is 1420. The zero-order valence-electron chi connectivity index (χ0n) is 21.3. The van der Waals surface area contributed by atoms with E-state index in [0.717, 1.165) is 0 Å². The van der Waals surface area contributed by atoms with Gasteiger partial charge >= 0.3 is 0 Å². The molecule has 1 fully saturated rings. The Morgan fingerprint density at radius 2 is 1.54 bits per heavy atom. The monoisotopic (exact) mass is 456 g/mol. The molecule has 2 atom stereocenters. The van der Waals surface area contributed by atoms with Crippen LogP contribution >= 0.6 is 0 Å². The number of nitrogens with zero attached hydrogens (tertiary/aromatic N) is 2. The van der Waals surface area contributed by atoms with E-state index in [9.17, 15) is 0 Å². The fraction of sp³-hybridized carbons (Fsp3) is 0.312. The van der Waals surface area contributed by atoms with Crippen molar-refractivity contribution in [2.45, 2.75) is 64.3 Å². The number of benzene rings is 3. The summed E-state index contributed by atoms with van der Waals surface area (Å²) in [6.07, 6.45) is 7.49. The molecule has 0 amide bonds. The van der Waals surface area contributed by atoms with Gasteiger partial charge in [0.05, 0.1) is 5.54 Å². The minimum Gasteiger partial charge on any atom is -0.339 e. The van der Waals surface area contributed by atoms with E-state index in [1.807, 2.05) is 0 Å². The van der Waals surface area contributed by atoms with Crippen molar-refractivity contribution >= 4 is 34.7 Å². The molecule has 3 heterocycles. The van der Waals surface area contributed by atoms with Crippen LogP contribution in [-0.2, 0) is 5.41 Å². The molecular weight excluding hydrogens is 423 g/mol. The first-order valence-electron chi connectivity index (χ1n) is 13.3. The van der Waals surface area contributed by atoms with E-state index < -0.39 is 0 Å². The van der Waals surface area contributed by atoms with Gasteiger partial charge in [-0.15, -0.1) is 0 Å². The summed E-state index contributed by atoms with van der Waals surface area (Å²) >= 11 is 0. The van der Waals surface area contributed by atoms with Gasteiger partial charge in [0.2, 0.25) is 0 Å². The lowest BCUT2D eigenvalue weighted by atomic mass is 9.32. The van der Waals surface area contributed by atoms with Crippen LogP contribution in [0.3, 0.4) is 0 Å². The van der Waals surface area contributed by atoms with Crippen molar-refractivity contribution < 1.29 is 0 Å². The first-order chi connectivity index (χ1) is 17.0. The Labute approximate surface area is 210 Å². The standard InChI is InChI=1S/C32H33BN2/c1-5-27-29-22(2)35-30-24(31(3)20-11-12-21-32(31,35)4)16-13-18-26(30)33(29)25-17-9-10-19-28(25)34(27)23-14-7-6-8-15-23/h5-10,13-19H,11-12,20-21H2,1-4H3/b27-5+. The summed E-state index contributed by atoms with van der Waals surface area (Å²) < 4.78 is 0. The van der Waals surface area contributed by atoms with Crippen LogP contribution in [0.4, 0.5) is 17.1 Å². The van der Waals surface area contributed by atoms with Crippen LogP contribution < -0.4 is 20.7 Å². The van der Waals surface area contributed by atoms with Crippen molar-refractivity contribution in [3.05, 3.63) is 101 Å². The summed E-state index contributed by atoms with van der Waals surface area (Å²) in [5, 5.41) is 0. The SMILES string of the molecule is C/C=C1\C2=C(C)N3c4c(cccc4C4(C)CCCCC34C)B2c2ccccc2N1c1ccccc1. The lowest BCUT2D eigenvalue weighted by molar-refractivity contribution is 0.191. The third kappa shape index (κ3) is 2.47. The van der Waals surface area contributed by atoms with Gasteiger partial charge in [0.1, 0.15) is 0 Å². The number of hydrogen-bond donors (Lipinski definition) is 0. The average molecular weight is 456 g/mol. The summed E-state index contributed by atoms with van der Waals surface area (Å²) in [5.41, 5.74) is 13.0. The number of fused-ring (bicyclic) bond motifs is 7. The van der Waals surface area contributed by atoms with Gasteiger partial charge in [-0.3, -0.25) is 0 Å². The number of anilines is 3. The molecule has 2 unspecified atom stereocenters. The van der Waals surface area contributed by atoms with Crippen LogP contribution in [0.1, 0.15) is 58.9 Å². The maximum Gasteiger partial charge on any atom is 0.251 e. The van der Waals surface area contributed by atoms with Gasteiger partial charge in [0.15, 0.2) is 0 Å².